The van der Waals surface area contributed by atoms with E-state index in [-0.39, 0.29) is 11.6 Å². The Bertz CT molecular complexity index is 389. The molecule has 94 valence electrons. The molecule has 2 fully saturated rings. The summed E-state index contributed by atoms with van der Waals surface area (Å²) in [6.07, 6.45) is 6.76. The maximum atomic E-state index is 5.83. The van der Waals surface area contributed by atoms with Crippen LogP contribution < -0.4 is 5.32 Å². The third kappa shape index (κ3) is 2.00. The molecule has 1 aliphatic heterocycles. The molecule has 2 heterocycles. The van der Waals surface area contributed by atoms with Gasteiger partial charge in [0.25, 0.3) is 0 Å². The van der Waals surface area contributed by atoms with Crippen molar-refractivity contribution in [1.29, 1.82) is 0 Å². The van der Waals surface area contributed by atoms with Gasteiger partial charge >= 0.3 is 0 Å². The molecule has 1 unspecified atom stereocenters. The minimum absolute atomic E-state index is 0.157. The van der Waals surface area contributed by atoms with Gasteiger partial charge in [0.2, 0.25) is 0 Å². The molecule has 0 aromatic carbocycles. The van der Waals surface area contributed by atoms with E-state index in [1.807, 2.05) is 12.5 Å². The summed E-state index contributed by atoms with van der Waals surface area (Å²) in [5.41, 5.74) is 1.39. The predicted octanol–water partition coefficient (Wildman–Crippen LogP) is 1.69. The predicted molar refractivity (Wildman–Crippen MR) is 65.8 cm³/mol. The summed E-state index contributed by atoms with van der Waals surface area (Å²) >= 11 is 0. The maximum absolute atomic E-state index is 5.83. The number of hydrogen-bond acceptors (Lipinski definition) is 3. The minimum atomic E-state index is 0.157. The average Bonchev–Trinajstić information content (AvgIpc) is 3.08. The van der Waals surface area contributed by atoms with E-state index < -0.39 is 0 Å². The number of ether oxygens (including phenoxy) is 1. The molecule has 17 heavy (non-hydrogen) atoms. The van der Waals surface area contributed by atoms with E-state index in [1.54, 1.807) is 0 Å². The zero-order chi connectivity index (χ0) is 11.9. The Hall–Kier alpha value is -0.870. The summed E-state index contributed by atoms with van der Waals surface area (Å²) in [6.45, 7) is 7.26. The first-order valence-electron chi connectivity index (χ1n) is 6.54. The molecular weight excluding hydrogens is 214 g/mol. The minimum Gasteiger partial charge on any atom is -0.369 e. The highest BCUT2D eigenvalue weighted by Crippen LogP contribution is 2.45. The second-order valence-electron chi connectivity index (χ2n) is 5.68. The van der Waals surface area contributed by atoms with E-state index in [9.17, 15) is 0 Å². The monoisotopic (exact) mass is 235 g/mol. The summed E-state index contributed by atoms with van der Waals surface area (Å²) in [5, 5.41) is 3.38. The highest BCUT2D eigenvalue weighted by atomic mass is 16.5. The number of aromatic nitrogens is 2. The molecule has 0 radical (unpaired) electrons. The SMILES string of the molecule is CC(C)(C1CC1)n1cncc1C1CNCCO1. The van der Waals surface area contributed by atoms with Crippen LogP contribution in [0.4, 0.5) is 0 Å². The van der Waals surface area contributed by atoms with Gasteiger partial charge in [0.1, 0.15) is 6.10 Å². The lowest BCUT2D eigenvalue weighted by Gasteiger charge is -2.32. The van der Waals surface area contributed by atoms with Gasteiger partial charge in [0.15, 0.2) is 0 Å². The second-order valence-corrected chi connectivity index (χ2v) is 5.68. The van der Waals surface area contributed by atoms with Crippen molar-refractivity contribution in [2.45, 2.75) is 38.3 Å². The second kappa shape index (κ2) is 4.10. The van der Waals surface area contributed by atoms with Crippen LogP contribution in [0.2, 0.25) is 0 Å². The van der Waals surface area contributed by atoms with Gasteiger partial charge in [-0.2, -0.15) is 0 Å². The van der Waals surface area contributed by atoms with E-state index in [0.29, 0.717) is 0 Å². The maximum Gasteiger partial charge on any atom is 0.111 e. The number of nitrogens with zero attached hydrogens (tertiary/aromatic N) is 2. The first kappa shape index (κ1) is 11.2. The number of nitrogens with one attached hydrogen (secondary N) is 1. The Kier molecular flexibility index (Phi) is 2.71. The average molecular weight is 235 g/mol. The molecule has 1 atom stereocenters. The van der Waals surface area contributed by atoms with Crippen LogP contribution in [0.1, 0.15) is 38.5 Å². The lowest BCUT2D eigenvalue weighted by molar-refractivity contribution is 0.0197. The third-order valence-corrected chi connectivity index (χ3v) is 4.12. The van der Waals surface area contributed by atoms with Gasteiger partial charge in [-0.1, -0.05) is 0 Å². The molecule has 4 nitrogen and oxygen atoms in total. The van der Waals surface area contributed by atoms with Crippen molar-refractivity contribution >= 4 is 0 Å². The Balaban J connectivity index is 1.87. The first-order chi connectivity index (χ1) is 8.19. The lowest BCUT2D eigenvalue weighted by atomic mass is 9.97. The van der Waals surface area contributed by atoms with Gasteiger partial charge in [-0.3, -0.25) is 0 Å². The summed E-state index contributed by atoms with van der Waals surface area (Å²) in [6, 6.07) is 0. The van der Waals surface area contributed by atoms with Gasteiger partial charge in [0, 0.05) is 18.6 Å². The number of hydrogen-bond donors (Lipinski definition) is 1. The standard InChI is InChI=1S/C13H21N3O/c1-13(2,10-3-4-10)16-9-15-7-11(16)12-8-14-5-6-17-12/h7,9-10,12,14H,3-6,8H2,1-2H3. The van der Waals surface area contributed by atoms with E-state index in [0.717, 1.165) is 25.6 Å². The molecule has 0 amide bonds. The van der Waals surface area contributed by atoms with E-state index in [4.69, 9.17) is 4.74 Å². The normalized spacial score (nSPS) is 26.1. The molecule has 0 bridgehead atoms. The van der Waals surface area contributed by atoms with Crippen LogP contribution in [-0.2, 0) is 10.3 Å². The van der Waals surface area contributed by atoms with Crippen LogP contribution in [0.25, 0.3) is 0 Å². The molecule has 0 spiro atoms. The Morgan fingerprint density at radius 2 is 2.29 bits per heavy atom. The number of morpholine rings is 1. The fraction of sp³-hybridized carbons (Fsp3) is 0.769. The Labute approximate surface area is 102 Å². The highest BCUT2D eigenvalue weighted by molar-refractivity contribution is 5.10. The largest absolute Gasteiger partial charge is 0.369 e. The molecule has 1 saturated carbocycles. The smallest absolute Gasteiger partial charge is 0.111 e. The molecule has 3 rings (SSSR count). The molecule has 1 saturated heterocycles. The van der Waals surface area contributed by atoms with Crippen LogP contribution in [0, 0.1) is 5.92 Å². The molecule has 1 aromatic heterocycles. The van der Waals surface area contributed by atoms with Gasteiger partial charge in [-0.05, 0) is 32.6 Å². The van der Waals surface area contributed by atoms with Crippen LogP contribution in [0.15, 0.2) is 12.5 Å². The van der Waals surface area contributed by atoms with Gasteiger partial charge < -0.3 is 14.6 Å². The Morgan fingerprint density at radius 1 is 1.47 bits per heavy atom. The van der Waals surface area contributed by atoms with Crippen molar-refractivity contribution in [1.82, 2.24) is 14.9 Å². The van der Waals surface area contributed by atoms with E-state index >= 15 is 0 Å². The van der Waals surface area contributed by atoms with Crippen molar-refractivity contribution in [3.63, 3.8) is 0 Å². The van der Waals surface area contributed by atoms with Crippen LogP contribution in [0.3, 0.4) is 0 Å². The number of rotatable bonds is 3. The van der Waals surface area contributed by atoms with Crippen LogP contribution in [0.5, 0.6) is 0 Å². The highest BCUT2D eigenvalue weighted by Gasteiger charge is 2.40. The van der Waals surface area contributed by atoms with Crippen molar-refractivity contribution in [3.05, 3.63) is 18.2 Å². The molecule has 2 aliphatic rings. The topological polar surface area (TPSA) is 39.1 Å². The fourth-order valence-electron chi connectivity index (χ4n) is 2.77. The summed E-state index contributed by atoms with van der Waals surface area (Å²) < 4.78 is 8.16. The third-order valence-electron chi connectivity index (χ3n) is 4.12. The molecule has 4 heteroatoms. The molecule has 1 aromatic rings. The molecule has 1 N–H and O–H groups in total. The van der Waals surface area contributed by atoms with Gasteiger partial charge in [-0.15, -0.1) is 0 Å². The van der Waals surface area contributed by atoms with Crippen molar-refractivity contribution in [2.75, 3.05) is 19.7 Å². The molecular formula is C13H21N3O. The Morgan fingerprint density at radius 3 is 2.94 bits per heavy atom. The number of imidazole rings is 1. The first-order valence-corrected chi connectivity index (χ1v) is 6.54. The van der Waals surface area contributed by atoms with E-state index in [2.05, 4.69) is 28.7 Å². The summed E-state index contributed by atoms with van der Waals surface area (Å²) in [4.78, 5) is 4.33. The quantitative estimate of drug-likeness (QED) is 0.866. The van der Waals surface area contributed by atoms with Crippen LogP contribution in [-0.4, -0.2) is 29.2 Å². The van der Waals surface area contributed by atoms with Gasteiger partial charge in [-0.25, -0.2) is 4.98 Å². The van der Waals surface area contributed by atoms with Crippen molar-refractivity contribution < 1.29 is 4.74 Å². The van der Waals surface area contributed by atoms with E-state index in [1.165, 1.54) is 18.5 Å². The summed E-state index contributed by atoms with van der Waals surface area (Å²) in [5.74, 6) is 0.798. The fourth-order valence-corrected chi connectivity index (χ4v) is 2.77. The molecule has 1 aliphatic carbocycles. The lowest BCUT2D eigenvalue weighted by Crippen LogP contribution is -2.37. The summed E-state index contributed by atoms with van der Waals surface area (Å²) in [7, 11) is 0. The zero-order valence-electron chi connectivity index (χ0n) is 10.6. The van der Waals surface area contributed by atoms with Crippen LogP contribution >= 0.6 is 0 Å². The van der Waals surface area contributed by atoms with Gasteiger partial charge in [0.05, 0.1) is 24.8 Å². The van der Waals surface area contributed by atoms with Crippen molar-refractivity contribution in [3.8, 4) is 0 Å². The van der Waals surface area contributed by atoms with Crippen molar-refractivity contribution in [2.24, 2.45) is 5.92 Å². The zero-order valence-corrected chi connectivity index (χ0v) is 10.6.